The van der Waals surface area contributed by atoms with Crippen molar-refractivity contribution in [3.05, 3.63) is 47.0 Å². The van der Waals surface area contributed by atoms with Crippen LogP contribution in [0.3, 0.4) is 0 Å². The second-order valence-corrected chi connectivity index (χ2v) is 9.47. The lowest BCUT2D eigenvalue weighted by Crippen LogP contribution is -2.49. The lowest BCUT2D eigenvalue weighted by Gasteiger charge is -2.32. The summed E-state index contributed by atoms with van der Waals surface area (Å²) in [4.78, 5) is 28.4. The maximum Gasteiger partial charge on any atom is 0.230 e. The minimum absolute atomic E-state index is 0.00591. The summed E-state index contributed by atoms with van der Waals surface area (Å²) in [5.41, 5.74) is 0.234. The summed E-state index contributed by atoms with van der Waals surface area (Å²) in [7, 11) is 0. The lowest BCUT2D eigenvalue weighted by molar-refractivity contribution is -0.138. The van der Waals surface area contributed by atoms with Gasteiger partial charge in [-0.1, -0.05) is 61.7 Å². The molecule has 0 unspecified atom stereocenters. The highest BCUT2D eigenvalue weighted by molar-refractivity contribution is 6.31. The zero-order valence-corrected chi connectivity index (χ0v) is 17.4. The fraction of sp³-hybridized carbons (Fsp3) is 0.565. The van der Waals surface area contributed by atoms with E-state index < -0.39 is 17.4 Å². The van der Waals surface area contributed by atoms with Crippen LogP contribution >= 0.6 is 11.6 Å². The maximum atomic E-state index is 13.3. The maximum absolute atomic E-state index is 13.3. The molecule has 2 amide bonds. The van der Waals surface area contributed by atoms with Crippen molar-refractivity contribution >= 4 is 23.4 Å². The van der Waals surface area contributed by atoms with Crippen molar-refractivity contribution in [2.75, 3.05) is 6.54 Å². The van der Waals surface area contributed by atoms with Gasteiger partial charge in [0.05, 0.1) is 24.5 Å². The molecule has 1 aromatic carbocycles. The molecule has 154 valence electrons. The molecule has 29 heavy (non-hydrogen) atoms. The van der Waals surface area contributed by atoms with Crippen molar-refractivity contribution in [2.24, 2.45) is 17.8 Å². The molecule has 1 saturated carbocycles. The topological polar surface area (TPSA) is 58.6 Å². The van der Waals surface area contributed by atoms with Crippen LogP contribution in [-0.4, -0.2) is 41.0 Å². The number of carbonyl (C=O) groups excluding carboxylic acids is 2. The summed E-state index contributed by atoms with van der Waals surface area (Å²) in [5, 5.41) is 3.90. The summed E-state index contributed by atoms with van der Waals surface area (Å²) in [6.07, 6.45) is 8.21. The molecule has 1 spiro atoms. The van der Waals surface area contributed by atoms with Crippen LogP contribution in [0.1, 0.15) is 38.2 Å². The summed E-state index contributed by atoms with van der Waals surface area (Å²) in [5.74, 6) is -0.448. The van der Waals surface area contributed by atoms with Gasteiger partial charge in [0.2, 0.25) is 11.8 Å². The number of hydrogen-bond acceptors (Lipinski definition) is 3. The Morgan fingerprint density at radius 3 is 2.90 bits per heavy atom. The third-order valence-corrected chi connectivity index (χ3v) is 7.61. The Hall–Kier alpha value is -1.85. The van der Waals surface area contributed by atoms with Crippen molar-refractivity contribution in [2.45, 2.75) is 56.9 Å². The van der Waals surface area contributed by atoms with E-state index in [4.69, 9.17) is 16.3 Å². The third-order valence-electron chi connectivity index (χ3n) is 7.24. The van der Waals surface area contributed by atoms with Crippen molar-refractivity contribution in [3.8, 4) is 0 Å². The fourth-order valence-electron chi connectivity index (χ4n) is 5.65. The summed E-state index contributed by atoms with van der Waals surface area (Å²) in [6, 6.07) is 7.77. The fourth-order valence-corrected chi connectivity index (χ4v) is 5.85. The highest BCUT2D eigenvalue weighted by atomic mass is 35.5. The largest absolute Gasteiger partial charge is 0.360 e. The van der Waals surface area contributed by atoms with Gasteiger partial charge >= 0.3 is 0 Å². The highest BCUT2D eigenvalue weighted by Gasteiger charge is 2.66. The van der Waals surface area contributed by atoms with E-state index in [0.29, 0.717) is 24.0 Å². The molecule has 3 aliphatic heterocycles. The number of nitrogens with one attached hydrogen (secondary N) is 1. The van der Waals surface area contributed by atoms with E-state index in [1.165, 1.54) is 6.42 Å². The first kappa shape index (κ1) is 19.1. The molecule has 0 aromatic heterocycles. The quantitative estimate of drug-likeness (QED) is 0.769. The SMILES string of the molecule is C[C@H]1CCCC[C@H]1NC(=O)[C@@H]1[C@H]2C=C[C@@]3(CN(Cc4ccccc4Cl)C(=O)[C@@H]13)O2. The molecule has 3 heterocycles. The number of carbonyl (C=O) groups is 2. The smallest absolute Gasteiger partial charge is 0.230 e. The Labute approximate surface area is 176 Å². The zero-order valence-electron chi connectivity index (χ0n) is 16.6. The minimum Gasteiger partial charge on any atom is -0.360 e. The minimum atomic E-state index is -0.677. The summed E-state index contributed by atoms with van der Waals surface area (Å²) in [6.45, 7) is 3.11. The molecule has 3 fully saturated rings. The number of likely N-dealkylation sites (tertiary alicyclic amines) is 1. The molecule has 2 saturated heterocycles. The van der Waals surface area contributed by atoms with Crippen LogP contribution in [0.15, 0.2) is 36.4 Å². The van der Waals surface area contributed by atoms with E-state index in [1.54, 1.807) is 4.90 Å². The number of amides is 2. The number of hydrogen-bond donors (Lipinski definition) is 1. The first-order chi connectivity index (χ1) is 14.0. The Morgan fingerprint density at radius 2 is 2.10 bits per heavy atom. The molecule has 6 heteroatoms. The molecule has 6 atom stereocenters. The van der Waals surface area contributed by atoms with Gasteiger partial charge in [0.15, 0.2) is 0 Å². The number of ether oxygens (including phenoxy) is 1. The molecular formula is C23H27ClN2O3. The molecule has 5 nitrogen and oxygen atoms in total. The molecule has 5 rings (SSSR count). The molecule has 1 aromatic rings. The van der Waals surface area contributed by atoms with Gasteiger partial charge in [-0.25, -0.2) is 0 Å². The number of benzene rings is 1. The van der Waals surface area contributed by atoms with E-state index in [0.717, 1.165) is 24.8 Å². The van der Waals surface area contributed by atoms with E-state index in [9.17, 15) is 9.59 Å². The molecule has 0 radical (unpaired) electrons. The second-order valence-electron chi connectivity index (χ2n) is 9.06. The molecule has 1 aliphatic carbocycles. The van der Waals surface area contributed by atoms with Crippen LogP contribution in [0.5, 0.6) is 0 Å². The van der Waals surface area contributed by atoms with Crippen LogP contribution in [0.4, 0.5) is 0 Å². The second kappa shape index (κ2) is 7.13. The molecule has 4 aliphatic rings. The first-order valence-corrected chi connectivity index (χ1v) is 11.1. The van der Waals surface area contributed by atoms with Gasteiger partial charge in [0, 0.05) is 17.6 Å². The number of fused-ring (bicyclic) bond motifs is 1. The predicted octanol–water partition coefficient (Wildman–Crippen LogP) is 3.32. The molecule has 1 N–H and O–H groups in total. The lowest BCUT2D eigenvalue weighted by atomic mass is 9.76. The predicted molar refractivity (Wildman–Crippen MR) is 110 cm³/mol. The van der Waals surface area contributed by atoms with Crippen molar-refractivity contribution in [1.82, 2.24) is 10.2 Å². The Morgan fingerprint density at radius 1 is 1.31 bits per heavy atom. The summed E-state index contributed by atoms with van der Waals surface area (Å²) < 4.78 is 6.23. The average Bonchev–Trinajstić information content (AvgIpc) is 3.34. The Balaban J connectivity index is 1.35. The Bertz CT molecular complexity index is 871. The van der Waals surface area contributed by atoms with Crippen LogP contribution < -0.4 is 5.32 Å². The van der Waals surface area contributed by atoms with Gasteiger partial charge in [-0.15, -0.1) is 0 Å². The normalized spacial score (nSPS) is 37.8. The van der Waals surface area contributed by atoms with Crippen LogP contribution in [0.25, 0.3) is 0 Å². The van der Waals surface area contributed by atoms with Gasteiger partial charge in [-0.05, 0) is 30.4 Å². The highest BCUT2D eigenvalue weighted by Crippen LogP contribution is 2.52. The van der Waals surface area contributed by atoms with Crippen molar-refractivity contribution in [1.29, 1.82) is 0 Å². The van der Waals surface area contributed by atoms with Crippen LogP contribution in [0, 0.1) is 17.8 Å². The van der Waals surface area contributed by atoms with Crippen LogP contribution in [-0.2, 0) is 20.9 Å². The average molecular weight is 415 g/mol. The Kier molecular flexibility index (Phi) is 4.71. The van der Waals surface area contributed by atoms with Crippen LogP contribution in [0.2, 0.25) is 5.02 Å². The van der Waals surface area contributed by atoms with Crippen molar-refractivity contribution < 1.29 is 14.3 Å². The summed E-state index contributed by atoms with van der Waals surface area (Å²) >= 11 is 6.30. The van der Waals surface area contributed by atoms with Gasteiger partial charge < -0.3 is 15.0 Å². The van der Waals surface area contributed by atoms with E-state index in [1.807, 2.05) is 36.4 Å². The van der Waals surface area contributed by atoms with Gasteiger partial charge in [-0.2, -0.15) is 0 Å². The number of halogens is 1. The molecular weight excluding hydrogens is 388 g/mol. The monoisotopic (exact) mass is 414 g/mol. The van der Waals surface area contributed by atoms with E-state index in [2.05, 4.69) is 12.2 Å². The first-order valence-electron chi connectivity index (χ1n) is 10.7. The van der Waals surface area contributed by atoms with E-state index in [-0.39, 0.29) is 24.0 Å². The van der Waals surface area contributed by atoms with E-state index >= 15 is 0 Å². The van der Waals surface area contributed by atoms with Gasteiger partial charge in [-0.3, -0.25) is 9.59 Å². The zero-order chi connectivity index (χ0) is 20.2. The molecule has 2 bridgehead atoms. The van der Waals surface area contributed by atoms with Gasteiger partial charge in [0.25, 0.3) is 0 Å². The van der Waals surface area contributed by atoms with Crippen molar-refractivity contribution in [3.63, 3.8) is 0 Å². The van der Waals surface area contributed by atoms with Gasteiger partial charge in [0.1, 0.15) is 5.60 Å². The standard InChI is InChI=1S/C23H27ClN2O3/c1-14-6-2-5-9-17(14)25-21(27)19-18-10-11-23(29-18)13-26(22(28)20(19)23)12-15-7-3-4-8-16(15)24/h3-4,7-8,10-11,14,17-20H,2,5-6,9,12-13H2,1H3,(H,25,27)/t14-,17+,18+,19+,20+,23-/m0/s1. The third kappa shape index (κ3) is 3.10. The number of nitrogens with zero attached hydrogens (tertiary/aromatic N) is 1. The number of rotatable bonds is 4.